The molecular formula is C19H20ClF3N2O3S. The summed E-state index contributed by atoms with van der Waals surface area (Å²) in [5.74, 6) is -0.561. The Bertz CT molecular complexity index is 994. The van der Waals surface area contributed by atoms with Gasteiger partial charge in [-0.05, 0) is 42.3 Å². The van der Waals surface area contributed by atoms with Crippen molar-refractivity contribution in [2.24, 2.45) is 0 Å². The van der Waals surface area contributed by atoms with Crippen molar-refractivity contribution in [1.82, 2.24) is 5.32 Å². The second-order valence-corrected chi connectivity index (χ2v) is 8.66. The lowest BCUT2D eigenvalue weighted by molar-refractivity contribution is -0.137. The molecule has 0 saturated carbocycles. The molecule has 0 radical (unpaired) electrons. The Morgan fingerprint density at radius 3 is 2.45 bits per heavy atom. The van der Waals surface area contributed by atoms with Crippen LogP contribution in [0.2, 0.25) is 5.02 Å². The first-order valence-electron chi connectivity index (χ1n) is 8.66. The summed E-state index contributed by atoms with van der Waals surface area (Å²) < 4.78 is 64.1. The Morgan fingerprint density at radius 1 is 1.17 bits per heavy atom. The fourth-order valence-electron chi connectivity index (χ4n) is 2.73. The van der Waals surface area contributed by atoms with E-state index in [4.69, 9.17) is 11.6 Å². The van der Waals surface area contributed by atoms with Crippen molar-refractivity contribution in [3.8, 4) is 0 Å². The number of alkyl halides is 3. The lowest BCUT2D eigenvalue weighted by atomic mass is 9.99. The zero-order valence-corrected chi connectivity index (χ0v) is 17.3. The van der Waals surface area contributed by atoms with Crippen molar-refractivity contribution in [3.05, 3.63) is 64.2 Å². The first-order valence-corrected chi connectivity index (χ1v) is 10.9. The zero-order valence-electron chi connectivity index (χ0n) is 15.7. The number of nitrogens with one attached hydrogen (secondary N) is 2. The number of rotatable bonds is 7. The van der Waals surface area contributed by atoms with Crippen LogP contribution in [0.15, 0.2) is 42.5 Å². The minimum Gasteiger partial charge on any atom is -0.345 e. The van der Waals surface area contributed by atoms with Crippen molar-refractivity contribution in [2.75, 3.05) is 11.0 Å². The molecule has 2 rings (SSSR count). The zero-order chi connectivity index (χ0) is 21.8. The van der Waals surface area contributed by atoms with E-state index in [1.807, 2.05) is 6.92 Å². The van der Waals surface area contributed by atoms with Crippen molar-refractivity contribution >= 4 is 33.2 Å². The van der Waals surface area contributed by atoms with Gasteiger partial charge in [-0.25, -0.2) is 8.42 Å². The smallest absolute Gasteiger partial charge is 0.345 e. The monoisotopic (exact) mass is 448 g/mol. The van der Waals surface area contributed by atoms with Gasteiger partial charge >= 0.3 is 6.18 Å². The predicted molar refractivity (Wildman–Crippen MR) is 106 cm³/mol. The Hall–Kier alpha value is -2.26. The van der Waals surface area contributed by atoms with E-state index in [9.17, 15) is 26.4 Å². The van der Waals surface area contributed by atoms with Crippen molar-refractivity contribution in [3.63, 3.8) is 0 Å². The molecule has 0 fully saturated rings. The van der Waals surface area contributed by atoms with E-state index < -0.39 is 33.7 Å². The average molecular weight is 449 g/mol. The van der Waals surface area contributed by atoms with E-state index in [2.05, 4.69) is 10.0 Å². The molecule has 2 aromatic rings. The standard InChI is InChI=1S/C19H20ClF3N2O3S/c1-3-5-16(12-6-4-7-14(10-12)19(21,22)23)24-18(26)13-8-9-15(20)17(11-13)25-29(2,27)28/h4,6-11,16,25H,3,5H2,1-2H3,(H,24,26)/t16-/m1/s1. The quantitative estimate of drug-likeness (QED) is 0.625. The Labute approximate surface area is 172 Å². The fraction of sp³-hybridized carbons (Fsp3) is 0.316. The highest BCUT2D eigenvalue weighted by atomic mass is 35.5. The number of hydrogen-bond donors (Lipinski definition) is 2. The molecule has 1 amide bonds. The highest BCUT2D eigenvalue weighted by Gasteiger charge is 2.31. The SMILES string of the molecule is CCC[C@@H](NC(=O)c1ccc(Cl)c(NS(C)(=O)=O)c1)c1cccc(C(F)(F)F)c1. The number of sulfonamides is 1. The normalized spacial score (nSPS) is 13.0. The third-order valence-electron chi connectivity index (χ3n) is 4.02. The van der Waals surface area contributed by atoms with Gasteiger partial charge < -0.3 is 5.32 Å². The molecule has 5 nitrogen and oxygen atoms in total. The van der Waals surface area contributed by atoms with Crippen LogP contribution in [0.1, 0.15) is 47.3 Å². The van der Waals surface area contributed by atoms with Crippen LogP contribution >= 0.6 is 11.6 Å². The summed E-state index contributed by atoms with van der Waals surface area (Å²) in [5, 5.41) is 2.82. The molecule has 0 saturated heterocycles. The highest BCUT2D eigenvalue weighted by molar-refractivity contribution is 7.92. The van der Waals surface area contributed by atoms with Crippen LogP contribution < -0.4 is 10.0 Å². The molecule has 0 aliphatic heterocycles. The van der Waals surface area contributed by atoms with Crippen molar-refractivity contribution < 1.29 is 26.4 Å². The average Bonchev–Trinajstić information content (AvgIpc) is 2.61. The van der Waals surface area contributed by atoms with Crippen LogP contribution in [0.4, 0.5) is 18.9 Å². The molecule has 0 aliphatic rings. The molecule has 2 aromatic carbocycles. The molecule has 0 spiro atoms. The van der Waals surface area contributed by atoms with Gasteiger partial charge in [-0.15, -0.1) is 0 Å². The molecule has 1 atom stereocenters. The number of hydrogen-bond acceptors (Lipinski definition) is 3. The molecule has 0 bridgehead atoms. The largest absolute Gasteiger partial charge is 0.416 e. The molecule has 2 N–H and O–H groups in total. The van der Waals surface area contributed by atoms with Gasteiger partial charge in [-0.1, -0.05) is 37.1 Å². The first kappa shape index (κ1) is 23.0. The lowest BCUT2D eigenvalue weighted by Gasteiger charge is -2.20. The topological polar surface area (TPSA) is 75.3 Å². The Kier molecular flexibility index (Phi) is 7.18. The van der Waals surface area contributed by atoms with E-state index in [0.717, 1.165) is 18.4 Å². The van der Waals surface area contributed by atoms with Crippen LogP contribution in [0.3, 0.4) is 0 Å². The first-order chi connectivity index (χ1) is 13.4. The van der Waals surface area contributed by atoms with E-state index in [1.165, 1.54) is 30.3 Å². The summed E-state index contributed by atoms with van der Waals surface area (Å²) in [4.78, 5) is 12.7. The number of carbonyl (C=O) groups excluding carboxylic acids is 1. The van der Waals surface area contributed by atoms with E-state index >= 15 is 0 Å². The van der Waals surface area contributed by atoms with Crippen molar-refractivity contribution in [1.29, 1.82) is 0 Å². The number of anilines is 1. The van der Waals surface area contributed by atoms with E-state index in [0.29, 0.717) is 18.4 Å². The van der Waals surface area contributed by atoms with Crippen LogP contribution in [-0.4, -0.2) is 20.6 Å². The van der Waals surface area contributed by atoms with Gasteiger partial charge in [0.25, 0.3) is 5.91 Å². The predicted octanol–water partition coefficient (Wildman–Crippen LogP) is 5.00. The van der Waals surface area contributed by atoms with Gasteiger partial charge in [0.2, 0.25) is 10.0 Å². The van der Waals surface area contributed by atoms with Gasteiger partial charge in [0, 0.05) is 5.56 Å². The summed E-state index contributed by atoms with van der Waals surface area (Å²) in [6.45, 7) is 1.85. The third-order valence-corrected chi connectivity index (χ3v) is 4.94. The molecule has 29 heavy (non-hydrogen) atoms. The maximum atomic E-state index is 13.0. The van der Waals surface area contributed by atoms with Gasteiger partial charge in [-0.2, -0.15) is 13.2 Å². The van der Waals surface area contributed by atoms with E-state index in [-0.39, 0.29) is 16.3 Å². The molecule has 0 aliphatic carbocycles. The van der Waals surface area contributed by atoms with Crippen molar-refractivity contribution in [2.45, 2.75) is 32.0 Å². The minimum absolute atomic E-state index is 0.0351. The number of halogens is 4. The molecule has 0 heterocycles. The van der Waals surface area contributed by atoms with E-state index in [1.54, 1.807) is 0 Å². The summed E-state index contributed by atoms with van der Waals surface area (Å²) in [6, 6.07) is 8.20. The summed E-state index contributed by atoms with van der Waals surface area (Å²) >= 11 is 5.95. The number of benzene rings is 2. The molecule has 158 valence electrons. The maximum absolute atomic E-state index is 13.0. The third kappa shape index (κ3) is 6.64. The molecule has 0 unspecified atom stereocenters. The van der Waals surface area contributed by atoms with Crippen LogP contribution in [-0.2, 0) is 16.2 Å². The Morgan fingerprint density at radius 2 is 1.86 bits per heavy atom. The van der Waals surface area contributed by atoms with Crippen LogP contribution in [0.5, 0.6) is 0 Å². The summed E-state index contributed by atoms with van der Waals surface area (Å²) in [6.07, 6.45) is -2.49. The number of carbonyl (C=O) groups is 1. The number of amides is 1. The van der Waals surface area contributed by atoms with Gasteiger partial charge in [-0.3, -0.25) is 9.52 Å². The Balaban J connectivity index is 2.30. The lowest BCUT2D eigenvalue weighted by Crippen LogP contribution is -2.29. The molecule has 10 heteroatoms. The van der Waals surface area contributed by atoms with Crippen LogP contribution in [0, 0.1) is 0 Å². The summed E-state index contributed by atoms with van der Waals surface area (Å²) in [5.41, 5.74) is -0.309. The second-order valence-electron chi connectivity index (χ2n) is 6.51. The second kappa shape index (κ2) is 9.04. The van der Waals surface area contributed by atoms with Gasteiger partial charge in [0.05, 0.1) is 28.6 Å². The maximum Gasteiger partial charge on any atom is 0.416 e. The van der Waals surface area contributed by atoms with Gasteiger partial charge in [0.15, 0.2) is 0 Å². The fourth-order valence-corrected chi connectivity index (χ4v) is 3.52. The highest BCUT2D eigenvalue weighted by Crippen LogP contribution is 2.32. The minimum atomic E-state index is -4.49. The summed E-state index contributed by atoms with van der Waals surface area (Å²) in [7, 11) is -3.61. The van der Waals surface area contributed by atoms with Crippen LogP contribution in [0.25, 0.3) is 0 Å². The molecule has 0 aromatic heterocycles. The molecular weight excluding hydrogens is 429 g/mol. The van der Waals surface area contributed by atoms with Gasteiger partial charge in [0.1, 0.15) is 0 Å².